The van der Waals surface area contributed by atoms with Gasteiger partial charge >= 0.3 is 6.16 Å². The van der Waals surface area contributed by atoms with Crippen molar-refractivity contribution in [1.29, 1.82) is 0 Å². The first-order chi connectivity index (χ1) is 5.56. The van der Waals surface area contributed by atoms with Crippen molar-refractivity contribution in [2.45, 2.75) is 27.2 Å². The largest absolute Gasteiger partial charge is 0.525 e. The summed E-state index contributed by atoms with van der Waals surface area (Å²) in [5.74, 6) is 0.566. The van der Waals surface area contributed by atoms with E-state index in [0.29, 0.717) is 19.0 Å². The maximum atomic E-state index is 10.1. The predicted octanol–water partition coefficient (Wildman–Crippen LogP) is 1.96. The summed E-state index contributed by atoms with van der Waals surface area (Å²) < 4.78 is 0. The number of hydrogen-bond acceptors (Lipinski definition) is 3. The molecule has 0 spiro atoms. The Hall–Kier alpha value is -0.770. The van der Waals surface area contributed by atoms with Crippen LogP contribution in [0.5, 0.6) is 0 Å². The van der Waals surface area contributed by atoms with Gasteiger partial charge in [0.25, 0.3) is 0 Å². The van der Waals surface area contributed by atoms with E-state index in [4.69, 9.17) is 5.11 Å². The Balaban J connectivity index is 3.60. The molecule has 72 valence electrons. The molecule has 1 N–H and O–H groups in total. The van der Waals surface area contributed by atoms with Crippen molar-refractivity contribution < 1.29 is 14.7 Å². The number of carbonyl (C=O) groups is 1. The van der Waals surface area contributed by atoms with Crippen LogP contribution >= 0.6 is 0 Å². The van der Waals surface area contributed by atoms with Crippen molar-refractivity contribution in [3.05, 3.63) is 0 Å². The van der Waals surface area contributed by atoms with Gasteiger partial charge in [-0.3, -0.25) is 0 Å². The molecule has 0 aliphatic heterocycles. The highest BCUT2D eigenvalue weighted by molar-refractivity contribution is 5.56. The number of rotatable bonds is 5. The summed E-state index contributed by atoms with van der Waals surface area (Å²) in [6.07, 6.45) is -0.290. The van der Waals surface area contributed by atoms with Crippen LogP contribution in [0.2, 0.25) is 0 Å². The van der Waals surface area contributed by atoms with Crippen LogP contribution in [0.4, 0.5) is 4.79 Å². The highest BCUT2D eigenvalue weighted by Gasteiger charge is 2.07. The summed E-state index contributed by atoms with van der Waals surface area (Å²) in [5.41, 5.74) is 0. The van der Waals surface area contributed by atoms with Gasteiger partial charge in [-0.25, -0.2) is 4.79 Å². The molecule has 0 aliphatic carbocycles. The van der Waals surface area contributed by atoms with Crippen LogP contribution in [0.3, 0.4) is 0 Å². The van der Waals surface area contributed by atoms with Gasteiger partial charge in [0, 0.05) is 13.1 Å². The summed E-state index contributed by atoms with van der Waals surface area (Å²) in [5, 5.41) is 9.76. The second-order valence-corrected chi connectivity index (χ2v) is 3.06. The topological polar surface area (TPSA) is 49.8 Å². The van der Waals surface area contributed by atoms with Crippen LogP contribution in [-0.2, 0) is 4.84 Å². The maximum absolute atomic E-state index is 10.1. The Morgan fingerprint density at radius 3 is 2.50 bits per heavy atom. The molecule has 0 heterocycles. The van der Waals surface area contributed by atoms with E-state index in [1.165, 1.54) is 5.06 Å². The van der Waals surface area contributed by atoms with Gasteiger partial charge in [-0.1, -0.05) is 13.8 Å². The third-order valence-corrected chi connectivity index (χ3v) is 1.52. The molecule has 0 aromatic heterocycles. The van der Waals surface area contributed by atoms with Crippen LogP contribution in [0.25, 0.3) is 0 Å². The molecule has 0 fully saturated rings. The van der Waals surface area contributed by atoms with E-state index in [1.54, 1.807) is 0 Å². The zero-order valence-corrected chi connectivity index (χ0v) is 7.91. The van der Waals surface area contributed by atoms with Gasteiger partial charge in [-0.15, -0.1) is 5.06 Å². The van der Waals surface area contributed by atoms with E-state index in [9.17, 15) is 4.79 Å². The molecule has 0 aromatic rings. The fourth-order valence-corrected chi connectivity index (χ4v) is 0.781. The first kappa shape index (κ1) is 11.2. The molecule has 4 nitrogen and oxygen atoms in total. The van der Waals surface area contributed by atoms with E-state index in [0.717, 1.165) is 6.42 Å². The molecule has 4 heteroatoms. The van der Waals surface area contributed by atoms with Crippen LogP contribution in [0.1, 0.15) is 27.2 Å². The van der Waals surface area contributed by atoms with Crippen LogP contribution in [0.15, 0.2) is 0 Å². The molecule has 0 unspecified atom stereocenters. The first-order valence-corrected chi connectivity index (χ1v) is 4.22. The Morgan fingerprint density at radius 1 is 1.58 bits per heavy atom. The van der Waals surface area contributed by atoms with E-state index < -0.39 is 6.16 Å². The van der Waals surface area contributed by atoms with Gasteiger partial charge < -0.3 is 9.94 Å². The van der Waals surface area contributed by atoms with E-state index in [1.807, 2.05) is 6.92 Å². The Bertz CT molecular complexity index is 136. The Labute approximate surface area is 73.1 Å². The van der Waals surface area contributed by atoms with Crippen molar-refractivity contribution in [1.82, 2.24) is 5.06 Å². The van der Waals surface area contributed by atoms with Crippen LogP contribution in [0, 0.1) is 5.92 Å². The molecule has 0 saturated carbocycles. The van der Waals surface area contributed by atoms with Gasteiger partial charge in [0.05, 0.1) is 0 Å². The van der Waals surface area contributed by atoms with E-state index >= 15 is 0 Å². The number of hydroxylamine groups is 2. The molecule has 0 saturated heterocycles. The Morgan fingerprint density at radius 2 is 2.17 bits per heavy atom. The van der Waals surface area contributed by atoms with Gasteiger partial charge in [0.15, 0.2) is 0 Å². The molecule has 0 rings (SSSR count). The monoisotopic (exact) mass is 175 g/mol. The lowest BCUT2D eigenvalue weighted by Crippen LogP contribution is -2.28. The highest BCUT2D eigenvalue weighted by Crippen LogP contribution is 2.02. The minimum Gasteiger partial charge on any atom is -0.448 e. The van der Waals surface area contributed by atoms with Gasteiger partial charge in [0.1, 0.15) is 0 Å². The molecule has 0 bridgehead atoms. The molecule has 0 atom stereocenters. The third-order valence-electron chi connectivity index (χ3n) is 1.52. The van der Waals surface area contributed by atoms with E-state index in [-0.39, 0.29) is 0 Å². The fraction of sp³-hybridized carbons (Fsp3) is 0.875. The van der Waals surface area contributed by atoms with Crippen molar-refractivity contribution in [3.8, 4) is 0 Å². The first-order valence-electron chi connectivity index (χ1n) is 4.22. The molecular weight excluding hydrogens is 158 g/mol. The number of carboxylic acid groups (broad SMARTS) is 1. The predicted molar refractivity (Wildman–Crippen MR) is 45.8 cm³/mol. The van der Waals surface area contributed by atoms with Crippen molar-refractivity contribution in [3.63, 3.8) is 0 Å². The number of hydrogen-bond donors (Lipinski definition) is 1. The van der Waals surface area contributed by atoms with Gasteiger partial charge in [-0.2, -0.15) is 0 Å². The highest BCUT2D eigenvalue weighted by atomic mass is 16.8. The van der Waals surface area contributed by atoms with Gasteiger partial charge in [-0.05, 0) is 19.3 Å². The van der Waals surface area contributed by atoms with E-state index in [2.05, 4.69) is 18.7 Å². The third kappa shape index (κ3) is 5.97. The Kier molecular flexibility index (Phi) is 5.45. The van der Waals surface area contributed by atoms with Gasteiger partial charge in [0.2, 0.25) is 0 Å². The zero-order valence-electron chi connectivity index (χ0n) is 7.91. The molecule has 0 aliphatic rings. The minimum atomic E-state index is -1.24. The fourth-order valence-electron chi connectivity index (χ4n) is 0.781. The van der Waals surface area contributed by atoms with Crippen molar-refractivity contribution >= 4 is 6.16 Å². The summed E-state index contributed by atoms with van der Waals surface area (Å²) >= 11 is 0. The summed E-state index contributed by atoms with van der Waals surface area (Å²) in [7, 11) is 0. The standard InChI is InChI=1S/C8H17NO3/c1-4-9(12-8(10)11)6-5-7(2)3/h7H,4-6H2,1-3H3,(H,10,11). The lowest BCUT2D eigenvalue weighted by molar-refractivity contribution is -0.118. The lowest BCUT2D eigenvalue weighted by atomic mass is 10.1. The zero-order chi connectivity index (χ0) is 9.56. The van der Waals surface area contributed by atoms with Crippen molar-refractivity contribution in [2.75, 3.05) is 13.1 Å². The SMILES string of the molecule is CCN(CCC(C)C)OC(=O)O. The van der Waals surface area contributed by atoms with Crippen molar-refractivity contribution in [2.24, 2.45) is 5.92 Å². The summed E-state index contributed by atoms with van der Waals surface area (Å²) in [6.45, 7) is 7.31. The van der Waals surface area contributed by atoms with Crippen LogP contribution < -0.4 is 0 Å². The molecule has 0 radical (unpaired) electrons. The summed E-state index contributed by atoms with van der Waals surface area (Å²) in [6, 6.07) is 0. The smallest absolute Gasteiger partial charge is 0.448 e. The normalized spacial score (nSPS) is 10.8. The average Bonchev–Trinajstić information content (AvgIpc) is 1.97. The lowest BCUT2D eigenvalue weighted by Gasteiger charge is -2.17. The number of nitrogens with zero attached hydrogens (tertiary/aromatic N) is 1. The molecular formula is C8H17NO3. The average molecular weight is 175 g/mol. The minimum absolute atomic E-state index is 0.566. The summed E-state index contributed by atoms with van der Waals surface area (Å²) in [4.78, 5) is 14.6. The maximum Gasteiger partial charge on any atom is 0.525 e. The quantitative estimate of drug-likeness (QED) is 0.649. The second kappa shape index (κ2) is 5.83. The molecule has 0 aromatic carbocycles. The second-order valence-electron chi connectivity index (χ2n) is 3.06. The van der Waals surface area contributed by atoms with Crippen LogP contribution in [-0.4, -0.2) is 29.4 Å². The molecule has 0 amide bonds. The molecule has 12 heavy (non-hydrogen) atoms.